The summed E-state index contributed by atoms with van der Waals surface area (Å²) in [5.74, 6) is 0.818. The topological polar surface area (TPSA) is 84.0 Å². The van der Waals surface area contributed by atoms with E-state index in [1.165, 1.54) is 5.56 Å². The number of nitrogens with zero attached hydrogens (tertiary/aromatic N) is 1. The lowest BCUT2D eigenvalue weighted by molar-refractivity contribution is 0.0636. The van der Waals surface area contributed by atoms with E-state index in [0.29, 0.717) is 0 Å². The summed E-state index contributed by atoms with van der Waals surface area (Å²) in [5.41, 5.74) is 1.39. The second kappa shape index (κ2) is 11.5. The number of hydrogen-bond donors (Lipinski definition) is 3. The molecule has 0 spiro atoms. The van der Waals surface area contributed by atoms with Gasteiger partial charge in [0.05, 0.1) is 0 Å². The molecule has 0 unspecified atom stereocenters. The van der Waals surface area contributed by atoms with Gasteiger partial charge in [-0.15, -0.1) is 0 Å². The highest BCUT2D eigenvalue weighted by atomic mass is 32.2. The molecule has 2 rings (SSSR count). The molecule has 1 heterocycles. The number of guanidine groups is 1. The number of nitrogens with one attached hydrogen (secondary N) is 3. The summed E-state index contributed by atoms with van der Waals surface area (Å²) in [5, 5.41) is 9.60. The SMILES string of the molecule is CN=C(NCCc1ccc(NC(=O)OC(C)(C)C)cc1)NCC1(SC)CCOCC1. The fourth-order valence-electron chi connectivity index (χ4n) is 3.16. The zero-order valence-corrected chi connectivity index (χ0v) is 19.7. The first-order chi connectivity index (χ1) is 14.3. The van der Waals surface area contributed by atoms with E-state index < -0.39 is 11.7 Å². The van der Waals surface area contributed by atoms with Gasteiger partial charge in [0.25, 0.3) is 0 Å². The molecule has 1 amide bonds. The number of amides is 1. The Hall–Kier alpha value is -1.93. The number of ether oxygens (including phenoxy) is 2. The van der Waals surface area contributed by atoms with E-state index in [9.17, 15) is 4.79 Å². The number of carbonyl (C=O) groups is 1. The molecule has 0 aromatic heterocycles. The van der Waals surface area contributed by atoms with Gasteiger partial charge in [0, 0.05) is 43.8 Å². The van der Waals surface area contributed by atoms with E-state index in [1.807, 2.05) is 56.8 Å². The quantitative estimate of drug-likeness (QED) is 0.447. The van der Waals surface area contributed by atoms with Gasteiger partial charge in [-0.25, -0.2) is 4.79 Å². The van der Waals surface area contributed by atoms with Gasteiger partial charge >= 0.3 is 6.09 Å². The van der Waals surface area contributed by atoms with Gasteiger partial charge in [-0.1, -0.05) is 12.1 Å². The van der Waals surface area contributed by atoms with Crippen LogP contribution in [0.1, 0.15) is 39.2 Å². The van der Waals surface area contributed by atoms with E-state index in [2.05, 4.69) is 27.2 Å². The highest BCUT2D eigenvalue weighted by Crippen LogP contribution is 2.32. The second-order valence-corrected chi connectivity index (χ2v) is 9.70. The van der Waals surface area contributed by atoms with Crippen molar-refractivity contribution in [3.8, 4) is 0 Å². The third kappa shape index (κ3) is 8.44. The van der Waals surface area contributed by atoms with Gasteiger partial charge in [-0.2, -0.15) is 11.8 Å². The average Bonchev–Trinajstić information content (AvgIpc) is 2.71. The summed E-state index contributed by atoms with van der Waals surface area (Å²) in [7, 11) is 1.79. The summed E-state index contributed by atoms with van der Waals surface area (Å²) >= 11 is 1.91. The predicted octanol–water partition coefficient (Wildman–Crippen LogP) is 3.65. The molecule has 1 aliphatic rings. The van der Waals surface area contributed by atoms with E-state index in [-0.39, 0.29) is 4.75 Å². The molecule has 1 fully saturated rings. The largest absolute Gasteiger partial charge is 0.444 e. The van der Waals surface area contributed by atoms with Crippen LogP contribution >= 0.6 is 11.8 Å². The van der Waals surface area contributed by atoms with Crippen LogP contribution in [-0.4, -0.2) is 62.0 Å². The Kier molecular flexibility index (Phi) is 9.30. The molecule has 1 aliphatic heterocycles. The van der Waals surface area contributed by atoms with E-state index in [1.54, 1.807) is 7.05 Å². The predicted molar refractivity (Wildman–Crippen MR) is 126 cm³/mol. The molecule has 0 saturated carbocycles. The second-order valence-electron chi connectivity index (χ2n) is 8.43. The number of aliphatic imine (C=N–C) groups is 1. The summed E-state index contributed by atoms with van der Waals surface area (Å²) in [6.07, 6.45) is 4.70. The van der Waals surface area contributed by atoms with Crippen molar-refractivity contribution in [2.24, 2.45) is 4.99 Å². The van der Waals surface area contributed by atoms with Gasteiger partial charge in [-0.05, 0) is 64.0 Å². The Balaban J connectivity index is 1.75. The number of rotatable bonds is 7. The molecule has 8 heteroatoms. The molecule has 0 bridgehead atoms. The average molecular weight is 437 g/mol. The minimum atomic E-state index is -0.511. The van der Waals surface area contributed by atoms with Crippen LogP contribution in [0.5, 0.6) is 0 Å². The molecular formula is C22H36N4O3S. The van der Waals surface area contributed by atoms with E-state index in [0.717, 1.165) is 57.2 Å². The molecule has 1 aromatic carbocycles. The zero-order chi connectivity index (χ0) is 22.0. The van der Waals surface area contributed by atoms with Crippen molar-refractivity contribution in [1.29, 1.82) is 0 Å². The van der Waals surface area contributed by atoms with E-state index >= 15 is 0 Å². The van der Waals surface area contributed by atoms with Gasteiger partial charge in [-0.3, -0.25) is 10.3 Å². The fourth-order valence-corrected chi connectivity index (χ4v) is 3.95. The van der Waals surface area contributed by atoms with E-state index in [4.69, 9.17) is 9.47 Å². The Labute approximate surface area is 184 Å². The smallest absolute Gasteiger partial charge is 0.412 e. The van der Waals surface area contributed by atoms with Gasteiger partial charge < -0.3 is 20.1 Å². The molecule has 0 radical (unpaired) electrons. The van der Waals surface area contributed by atoms with Crippen molar-refractivity contribution in [1.82, 2.24) is 10.6 Å². The van der Waals surface area contributed by atoms with Crippen molar-refractivity contribution in [3.05, 3.63) is 29.8 Å². The Morgan fingerprint density at radius 1 is 1.20 bits per heavy atom. The summed E-state index contributed by atoms with van der Waals surface area (Å²) in [4.78, 5) is 16.2. The monoisotopic (exact) mass is 436 g/mol. The lowest BCUT2D eigenvalue weighted by atomic mass is 9.99. The summed E-state index contributed by atoms with van der Waals surface area (Å²) < 4.78 is 11.0. The zero-order valence-electron chi connectivity index (χ0n) is 18.8. The summed E-state index contributed by atoms with van der Waals surface area (Å²) in [6, 6.07) is 7.80. The van der Waals surface area contributed by atoms with Crippen molar-refractivity contribution >= 4 is 29.5 Å². The normalized spacial score (nSPS) is 16.6. The van der Waals surface area contributed by atoms with Crippen LogP contribution in [0.15, 0.2) is 29.3 Å². The summed E-state index contributed by atoms with van der Waals surface area (Å²) in [6.45, 7) is 8.83. The van der Waals surface area contributed by atoms with Gasteiger partial charge in [0.2, 0.25) is 0 Å². The third-order valence-corrected chi connectivity index (χ3v) is 6.36. The minimum Gasteiger partial charge on any atom is -0.444 e. The lowest BCUT2D eigenvalue weighted by Crippen LogP contribution is -2.48. The standard InChI is InChI=1S/C22H36N4O3S/c1-21(2,3)29-20(27)26-18-8-6-17(7-9-18)10-13-24-19(23-4)25-16-22(30-5)11-14-28-15-12-22/h6-9H,10-16H2,1-5H3,(H,26,27)(H2,23,24,25). The van der Waals surface area contributed by atoms with Crippen LogP contribution in [0.4, 0.5) is 10.5 Å². The van der Waals surface area contributed by atoms with Gasteiger partial charge in [0.1, 0.15) is 5.60 Å². The van der Waals surface area contributed by atoms with Crippen LogP contribution in [0.2, 0.25) is 0 Å². The molecule has 0 aliphatic carbocycles. The number of anilines is 1. The van der Waals surface area contributed by atoms with Gasteiger partial charge in [0.15, 0.2) is 5.96 Å². The van der Waals surface area contributed by atoms with Crippen molar-refractivity contribution in [2.75, 3.05) is 44.9 Å². The Bertz CT molecular complexity index is 695. The van der Waals surface area contributed by atoms with Crippen molar-refractivity contribution in [3.63, 3.8) is 0 Å². The van der Waals surface area contributed by atoms with Crippen LogP contribution in [0.25, 0.3) is 0 Å². The maximum Gasteiger partial charge on any atom is 0.412 e. The highest BCUT2D eigenvalue weighted by Gasteiger charge is 2.31. The fraction of sp³-hybridized carbons (Fsp3) is 0.636. The lowest BCUT2D eigenvalue weighted by Gasteiger charge is -2.36. The molecule has 30 heavy (non-hydrogen) atoms. The first-order valence-electron chi connectivity index (χ1n) is 10.4. The number of thioether (sulfide) groups is 1. The van der Waals surface area contributed by atoms with Crippen molar-refractivity contribution in [2.45, 2.75) is 50.4 Å². The Morgan fingerprint density at radius 2 is 1.87 bits per heavy atom. The Morgan fingerprint density at radius 3 is 2.43 bits per heavy atom. The van der Waals surface area contributed by atoms with Crippen LogP contribution < -0.4 is 16.0 Å². The first-order valence-corrected chi connectivity index (χ1v) is 11.6. The molecule has 7 nitrogen and oxygen atoms in total. The third-order valence-electron chi connectivity index (χ3n) is 4.94. The molecule has 0 atom stereocenters. The minimum absolute atomic E-state index is 0.215. The highest BCUT2D eigenvalue weighted by molar-refractivity contribution is 8.00. The molecule has 1 aromatic rings. The van der Waals surface area contributed by atoms with Crippen LogP contribution in [0.3, 0.4) is 0 Å². The number of carbonyl (C=O) groups excluding carboxylic acids is 1. The van der Waals surface area contributed by atoms with Crippen molar-refractivity contribution < 1.29 is 14.3 Å². The maximum absolute atomic E-state index is 11.8. The van der Waals surface area contributed by atoms with Crippen LogP contribution in [-0.2, 0) is 15.9 Å². The number of hydrogen-bond acceptors (Lipinski definition) is 5. The molecule has 1 saturated heterocycles. The molecular weight excluding hydrogens is 400 g/mol. The first kappa shape index (κ1) is 24.3. The maximum atomic E-state index is 11.8. The number of benzene rings is 1. The molecule has 3 N–H and O–H groups in total. The van der Waals surface area contributed by atoms with Crippen LogP contribution in [0, 0.1) is 0 Å². The molecule has 168 valence electrons.